The van der Waals surface area contributed by atoms with Crippen LogP contribution < -0.4 is 4.90 Å². The molecule has 0 unspecified atom stereocenters. The lowest BCUT2D eigenvalue weighted by Crippen LogP contribution is -2.29. The summed E-state index contributed by atoms with van der Waals surface area (Å²) in [5, 5.41) is 0. The predicted molar refractivity (Wildman–Crippen MR) is 87.4 cm³/mol. The van der Waals surface area contributed by atoms with Crippen LogP contribution in [-0.4, -0.2) is 13.1 Å². The quantitative estimate of drug-likeness (QED) is 0.728. The van der Waals surface area contributed by atoms with E-state index in [9.17, 15) is 0 Å². The van der Waals surface area contributed by atoms with Crippen molar-refractivity contribution in [1.82, 2.24) is 0 Å². The molecule has 1 saturated carbocycles. The lowest BCUT2D eigenvalue weighted by atomic mass is 9.85. The Labute approximate surface area is 124 Å². The molecule has 2 fully saturated rings. The van der Waals surface area contributed by atoms with E-state index in [2.05, 4.69) is 29.2 Å². The highest BCUT2D eigenvalue weighted by Gasteiger charge is 2.13. The number of nitrogens with zero attached hydrogens (tertiary/aromatic N) is 1. The van der Waals surface area contributed by atoms with E-state index in [0.29, 0.717) is 0 Å². The van der Waals surface area contributed by atoms with Crippen molar-refractivity contribution in [3.8, 4) is 0 Å². The fraction of sp³-hybridized carbons (Fsp3) is 0.684. The van der Waals surface area contributed by atoms with Crippen molar-refractivity contribution in [2.45, 2.75) is 64.2 Å². The van der Waals surface area contributed by atoms with Crippen LogP contribution >= 0.6 is 0 Å². The molecule has 3 rings (SSSR count). The van der Waals surface area contributed by atoms with Crippen molar-refractivity contribution in [3.63, 3.8) is 0 Å². The molecule has 0 N–H and O–H groups in total. The monoisotopic (exact) mass is 271 g/mol. The molecule has 1 aromatic carbocycles. The first-order chi connectivity index (χ1) is 9.92. The Kier molecular flexibility index (Phi) is 5.00. The predicted octanol–water partition coefficient (Wildman–Crippen LogP) is 5.19. The average molecular weight is 271 g/mol. The van der Waals surface area contributed by atoms with E-state index in [-0.39, 0.29) is 0 Å². The van der Waals surface area contributed by atoms with Gasteiger partial charge in [0.15, 0.2) is 0 Å². The van der Waals surface area contributed by atoms with Crippen LogP contribution in [0.4, 0.5) is 5.69 Å². The van der Waals surface area contributed by atoms with E-state index in [0.717, 1.165) is 5.92 Å². The second-order valence-corrected chi connectivity index (χ2v) is 6.76. The smallest absolute Gasteiger partial charge is 0.0366 e. The number of hydrogen-bond acceptors (Lipinski definition) is 1. The molecule has 2 aliphatic rings. The lowest BCUT2D eigenvalue weighted by molar-refractivity contribution is 0.339. The van der Waals surface area contributed by atoms with Crippen LogP contribution in [0.15, 0.2) is 24.3 Å². The van der Waals surface area contributed by atoms with Gasteiger partial charge in [-0.2, -0.15) is 0 Å². The summed E-state index contributed by atoms with van der Waals surface area (Å²) in [5.74, 6) is 1.01. The van der Waals surface area contributed by atoms with Crippen molar-refractivity contribution in [2.24, 2.45) is 5.92 Å². The van der Waals surface area contributed by atoms with Gasteiger partial charge < -0.3 is 4.90 Å². The highest BCUT2D eigenvalue weighted by atomic mass is 15.1. The second kappa shape index (κ2) is 7.15. The molecule has 1 aromatic rings. The fourth-order valence-electron chi connectivity index (χ4n) is 3.87. The molecule has 110 valence electrons. The maximum absolute atomic E-state index is 2.55. The molecular formula is C19H29N. The van der Waals surface area contributed by atoms with Crippen LogP contribution in [0, 0.1) is 5.92 Å². The van der Waals surface area contributed by atoms with Gasteiger partial charge in [0, 0.05) is 18.8 Å². The van der Waals surface area contributed by atoms with E-state index < -0.39 is 0 Å². The minimum atomic E-state index is 1.01. The van der Waals surface area contributed by atoms with Gasteiger partial charge in [0.05, 0.1) is 0 Å². The zero-order valence-electron chi connectivity index (χ0n) is 12.8. The molecule has 0 amide bonds. The van der Waals surface area contributed by atoms with E-state index in [1.807, 2.05) is 0 Å². The summed E-state index contributed by atoms with van der Waals surface area (Å²) in [7, 11) is 0. The fourth-order valence-corrected chi connectivity index (χ4v) is 3.87. The van der Waals surface area contributed by atoms with Crippen LogP contribution in [0.25, 0.3) is 0 Å². The molecule has 1 aliphatic carbocycles. The first-order valence-electron chi connectivity index (χ1n) is 8.76. The Balaban J connectivity index is 1.50. The van der Waals surface area contributed by atoms with Crippen LogP contribution in [0.5, 0.6) is 0 Å². The van der Waals surface area contributed by atoms with Crippen molar-refractivity contribution in [2.75, 3.05) is 18.0 Å². The van der Waals surface area contributed by atoms with Crippen molar-refractivity contribution < 1.29 is 0 Å². The van der Waals surface area contributed by atoms with Crippen LogP contribution in [0.3, 0.4) is 0 Å². The minimum Gasteiger partial charge on any atom is -0.372 e. The first-order valence-corrected chi connectivity index (χ1v) is 8.76. The van der Waals surface area contributed by atoms with Gasteiger partial charge in [-0.05, 0) is 55.7 Å². The van der Waals surface area contributed by atoms with Gasteiger partial charge in [0.1, 0.15) is 0 Å². The molecule has 0 spiro atoms. The normalized spacial score (nSPS) is 21.1. The largest absolute Gasteiger partial charge is 0.372 e. The Hall–Kier alpha value is -0.980. The minimum absolute atomic E-state index is 1.01. The summed E-state index contributed by atoms with van der Waals surface area (Å²) in [5.41, 5.74) is 2.97. The summed E-state index contributed by atoms with van der Waals surface area (Å²) in [4.78, 5) is 2.55. The molecule has 1 saturated heterocycles. The van der Waals surface area contributed by atoms with Gasteiger partial charge in [-0.15, -0.1) is 0 Å². The van der Waals surface area contributed by atoms with Crippen molar-refractivity contribution in [3.05, 3.63) is 29.8 Å². The Morgan fingerprint density at radius 1 is 0.800 bits per heavy atom. The van der Waals surface area contributed by atoms with E-state index in [1.54, 1.807) is 0 Å². The Morgan fingerprint density at radius 3 is 2.15 bits per heavy atom. The zero-order chi connectivity index (χ0) is 13.6. The third-order valence-electron chi connectivity index (χ3n) is 5.22. The molecule has 1 heteroatoms. The molecule has 0 radical (unpaired) electrons. The molecule has 1 heterocycles. The number of piperidine rings is 1. The van der Waals surface area contributed by atoms with Gasteiger partial charge in [-0.1, -0.05) is 44.2 Å². The van der Waals surface area contributed by atoms with Gasteiger partial charge in [0.2, 0.25) is 0 Å². The van der Waals surface area contributed by atoms with Gasteiger partial charge in [0.25, 0.3) is 0 Å². The third-order valence-corrected chi connectivity index (χ3v) is 5.22. The average Bonchev–Trinajstić information content (AvgIpc) is 2.55. The number of aryl methyl sites for hydroxylation is 1. The van der Waals surface area contributed by atoms with Crippen molar-refractivity contribution in [1.29, 1.82) is 0 Å². The Morgan fingerprint density at radius 2 is 1.45 bits per heavy atom. The molecule has 20 heavy (non-hydrogen) atoms. The summed E-state index contributed by atoms with van der Waals surface area (Å²) in [6, 6.07) is 9.43. The van der Waals surface area contributed by atoms with Gasteiger partial charge in [-0.25, -0.2) is 0 Å². The summed E-state index contributed by atoms with van der Waals surface area (Å²) in [6.07, 6.45) is 14.2. The molecular weight excluding hydrogens is 242 g/mol. The summed E-state index contributed by atoms with van der Waals surface area (Å²) < 4.78 is 0. The highest BCUT2D eigenvalue weighted by Crippen LogP contribution is 2.28. The molecule has 1 nitrogen and oxygen atoms in total. The van der Waals surface area contributed by atoms with E-state index >= 15 is 0 Å². The van der Waals surface area contributed by atoms with Gasteiger partial charge >= 0.3 is 0 Å². The first kappa shape index (κ1) is 14.0. The number of benzene rings is 1. The van der Waals surface area contributed by atoms with Gasteiger partial charge in [-0.3, -0.25) is 0 Å². The van der Waals surface area contributed by atoms with E-state index in [4.69, 9.17) is 0 Å². The number of hydrogen-bond donors (Lipinski definition) is 0. The SMILES string of the molecule is c1cc(N2CCCCC2)ccc1CCC1CCCCC1. The molecule has 0 atom stereocenters. The van der Waals surface area contributed by atoms with Crippen LogP contribution in [0.1, 0.15) is 63.4 Å². The maximum atomic E-state index is 2.55. The summed E-state index contributed by atoms with van der Waals surface area (Å²) in [6.45, 7) is 2.50. The summed E-state index contributed by atoms with van der Waals surface area (Å²) >= 11 is 0. The second-order valence-electron chi connectivity index (χ2n) is 6.76. The topological polar surface area (TPSA) is 3.24 Å². The van der Waals surface area contributed by atoms with Crippen LogP contribution in [-0.2, 0) is 6.42 Å². The molecule has 1 aliphatic heterocycles. The standard InChI is InChI=1S/C19H29N/c1-3-7-17(8-4-1)9-10-18-11-13-19(14-12-18)20-15-5-2-6-16-20/h11-14,17H,1-10,15-16H2. The highest BCUT2D eigenvalue weighted by molar-refractivity contribution is 5.47. The van der Waals surface area contributed by atoms with Crippen LogP contribution in [0.2, 0.25) is 0 Å². The van der Waals surface area contributed by atoms with Crippen molar-refractivity contribution >= 4 is 5.69 Å². The lowest BCUT2D eigenvalue weighted by Gasteiger charge is -2.29. The number of rotatable bonds is 4. The molecule has 0 aromatic heterocycles. The van der Waals surface area contributed by atoms with E-state index in [1.165, 1.54) is 88.5 Å². The Bertz CT molecular complexity index is 383. The third kappa shape index (κ3) is 3.77. The maximum Gasteiger partial charge on any atom is 0.0366 e. The zero-order valence-corrected chi connectivity index (χ0v) is 12.8. The number of anilines is 1. The molecule has 0 bridgehead atoms.